The Kier molecular flexibility index (Phi) is 2.95. The molecule has 1 aromatic carbocycles. The van der Waals surface area contributed by atoms with Gasteiger partial charge in [0.15, 0.2) is 0 Å². The summed E-state index contributed by atoms with van der Waals surface area (Å²) in [5.41, 5.74) is 2.81. The number of thiol groups is 1. The number of nitrogens with one attached hydrogen (secondary N) is 1. The van der Waals surface area contributed by atoms with Crippen LogP contribution in [0.1, 0.15) is 24.0 Å². The molecule has 0 unspecified atom stereocenters. The van der Waals surface area contributed by atoms with Gasteiger partial charge in [-0.25, -0.2) is 8.42 Å². The molecule has 0 atom stereocenters. The van der Waals surface area contributed by atoms with Crippen LogP contribution in [0.3, 0.4) is 0 Å². The summed E-state index contributed by atoms with van der Waals surface area (Å²) in [6.45, 7) is 1.95. The van der Waals surface area contributed by atoms with Crippen molar-refractivity contribution in [3.8, 4) is 0 Å². The fraction of sp³-hybridized carbons (Fsp3) is 0.455. The molecule has 1 aliphatic carbocycles. The molecule has 0 amide bonds. The topological polar surface area (TPSA) is 46.2 Å². The maximum absolute atomic E-state index is 10.7. The van der Waals surface area contributed by atoms with Crippen molar-refractivity contribution in [2.75, 3.05) is 5.32 Å². The van der Waals surface area contributed by atoms with Crippen LogP contribution in [-0.4, -0.2) is 14.5 Å². The summed E-state index contributed by atoms with van der Waals surface area (Å²) in [4.78, 5) is 0. The molecule has 15 heavy (non-hydrogen) atoms. The molecule has 81 valence electrons. The quantitative estimate of drug-likeness (QED) is 0.762. The van der Waals surface area contributed by atoms with E-state index >= 15 is 0 Å². The number of hydrogen-bond donors (Lipinski definition) is 2. The largest absolute Gasteiger partial charge is 0.382 e. The zero-order chi connectivity index (χ0) is 10.8. The third-order valence-electron chi connectivity index (χ3n) is 2.51. The number of aryl methyl sites for hydroxylation is 1. The van der Waals surface area contributed by atoms with Gasteiger partial charge in [-0.2, -0.15) is 0 Å². The van der Waals surface area contributed by atoms with Crippen molar-refractivity contribution < 1.29 is 8.42 Å². The Morgan fingerprint density at radius 2 is 2.27 bits per heavy atom. The van der Waals surface area contributed by atoms with E-state index in [1.807, 2.05) is 13.0 Å². The van der Waals surface area contributed by atoms with Gasteiger partial charge in [-0.1, -0.05) is 12.1 Å². The highest BCUT2D eigenvalue weighted by molar-refractivity contribution is 7.71. The van der Waals surface area contributed by atoms with E-state index < -0.39 is 10.7 Å². The smallest absolute Gasteiger partial charge is 0.144 e. The van der Waals surface area contributed by atoms with Crippen molar-refractivity contribution in [2.24, 2.45) is 0 Å². The van der Waals surface area contributed by atoms with Crippen LogP contribution in [0.25, 0.3) is 0 Å². The standard InChI is InChI=1S/C11H14NO2S/c1-8-3-2-4-9(7-15(13)14)11(8)12-10-5-6-10/h2,4,10,12,15H,5-7H2,1H3. The second-order valence-corrected chi connectivity index (χ2v) is 4.89. The van der Waals surface area contributed by atoms with E-state index in [4.69, 9.17) is 0 Å². The minimum absolute atomic E-state index is 0.111. The van der Waals surface area contributed by atoms with Gasteiger partial charge in [0.25, 0.3) is 0 Å². The van der Waals surface area contributed by atoms with Crippen LogP contribution in [0.4, 0.5) is 5.69 Å². The van der Waals surface area contributed by atoms with E-state index in [9.17, 15) is 8.42 Å². The third-order valence-corrected chi connectivity index (χ3v) is 3.10. The monoisotopic (exact) mass is 224 g/mol. The fourth-order valence-electron chi connectivity index (χ4n) is 1.57. The predicted molar refractivity (Wildman–Crippen MR) is 60.7 cm³/mol. The summed E-state index contributed by atoms with van der Waals surface area (Å²) in [5, 5.41) is 3.36. The molecule has 0 saturated heterocycles. The minimum Gasteiger partial charge on any atom is -0.382 e. The van der Waals surface area contributed by atoms with Gasteiger partial charge in [0.2, 0.25) is 0 Å². The first-order valence-corrected chi connectivity index (χ1v) is 6.41. The molecular weight excluding hydrogens is 210 g/mol. The van der Waals surface area contributed by atoms with Gasteiger partial charge in [0.1, 0.15) is 10.7 Å². The molecular formula is C11H14NO2S. The second kappa shape index (κ2) is 4.23. The second-order valence-electron chi connectivity index (χ2n) is 3.91. The predicted octanol–water partition coefficient (Wildman–Crippen LogP) is 1.48. The molecule has 0 aromatic heterocycles. The van der Waals surface area contributed by atoms with Gasteiger partial charge >= 0.3 is 0 Å². The van der Waals surface area contributed by atoms with E-state index in [2.05, 4.69) is 11.4 Å². The molecule has 3 nitrogen and oxygen atoms in total. The Labute approximate surface area is 91.5 Å². The van der Waals surface area contributed by atoms with Crippen LogP contribution in [0.2, 0.25) is 0 Å². The number of anilines is 1. The van der Waals surface area contributed by atoms with E-state index in [1.165, 1.54) is 12.8 Å². The fourth-order valence-corrected chi connectivity index (χ4v) is 2.11. The van der Waals surface area contributed by atoms with Crippen molar-refractivity contribution in [2.45, 2.75) is 31.6 Å². The highest BCUT2D eigenvalue weighted by Crippen LogP contribution is 2.29. The average molecular weight is 224 g/mol. The summed E-state index contributed by atoms with van der Waals surface area (Å²) in [6.07, 6.45) is 2.36. The molecule has 1 aliphatic rings. The van der Waals surface area contributed by atoms with Crippen molar-refractivity contribution in [1.29, 1.82) is 0 Å². The Bertz CT molecular complexity index is 428. The van der Waals surface area contributed by atoms with Crippen molar-refractivity contribution in [1.82, 2.24) is 0 Å². The average Bonchev–Trinajstić information content (AvgIpc) is 2.94. The molecule has 0 bridgehead atoms. The van der Waals surface area contributed by atoms with E-state index in [0.29, 0.717) is 6.04 Å². The molecule has 4 heteroatoms. The molecule has 0 heterocycles. The van der Waals surface area contributed by atoms with E-state index in [-0.39, 0.29) is 5.75 Å². The Morgan fingerprint density at radius 1 is 1.53 bits per heavy atom. The lowest BCUT2D eigenvalue weighted by Crippen LogP contribution is -2.06. The molecule has 1 radical (unpaired) electrons. The van der Waals surface area contributed by atoms with E-state index in [1.54, 1.807) is 6.07 Å². The van der Waals surface area contributed by atoms with Crippen LogP contribution < -0.4 is 5.32 Å². The summed E-state index contributed by atoms with van der Waals surface area (Å²) >= 11 is 0. The van der Waals surface area contributed by atoms with Crippen molar-refractivity contribution in [3.05, 3.63) is 29.3 Å². The molecule has 1 N–H and O–H groups in total. The first-order chi connectivity index (χ1) is 7.16. The van der Waals surface area contributed by atoms with Crippen molar-refractivity contribution in [3.63, 3.8) is 0 Å². The van der Waals surface area contributed by atoms with Gasteiger partial charge in [-0.15, -0.1) is 0 Å². The lowest BCUT2D eigenvalue weighted by Gasteiger charge is -2.12. The number of benzene rings is 1. The highest BCUT2D eigenvalue weighted by atomic mass is 32.2. The SMILES string of the molecule is Cc1[c]ccc(C[SH](=O)=O)c1NC1CC1. The Morgan fingerprint density at radius 3 is 2.87 bits per heavy atom. The summed E-state index contributed by atoms with van der Waals surface area (Å²) in [6, 6.07) is 7.22. The molecule has 0 aliphatic heterocycles. The Hall–Kier alpha value is -1.03. The lowest BCUT2D eigenvalue weighted by molar-refractivity contribution is 0.614. The first kappa shape index (κ1) is 10.5. The minimum atomic E-state index is -2.36. The van der Waals surface area contributed by atoms with Gasteiger partial charge in [-0.3, -0.25) is 0 Å². The van der Waals surface area contributed by atoms with Crippen molar-refractivity contribution >= 4 is 16.4 Å². The van der Waals surface area contributed by atoms with Crippen LogP contribution in [0.15, 0.2) is 12.1 Å². The zero-order valence-corrected chi connectivity index (χ0v) is 9.51. The van der Waals surface area contributed by atoms with Crippen LogP contribution in [-0.2, 0) is 16.5 Å². The Balaban J connectivity index is 2.28. The molecule has 1 saturated carbocycles. The normalized spacial score (nSPS) is 15.6. The highest BCUT2D eigenvalue weighted by Gasteiger charge is 2.22. The van der Waals surface area contributed by atoms with Gasteiger partial charge in [-0.05, 0) is 37.0 Å². The summed E-state index contributed by atoms with van der Waals surface area (Å²) < 4.78 is 21.5. The van der Waals surface area contributed by atoms with E-state index in [0.717, 1.165) is 16.8 Å². The molecule has 2 rings (SSSR count). The number of hydrogen-bond acceptors (Lipinski definition) is 3. The third kappa shape index (κ3) is 2.72. The maximum Gasteiger partial charge on any atom is 0.144 e. The molecule has 0 spiro atoms. The van der Waals surface area contributed by atoms with Gasteiger partial charge in [0, 0.05) is 11.7 Å². The van der Waals surface area contributed by atoms with Gasteiger partial charge in [0.05, 0.1) is 5.75 Å². The molecule has 1 fully saturated rings. The summed E-state index contributed by atoms with van der Waals surface area (Å²) in [5.74, 6) is 0.111. The lowest BCUT2D eigenvalue weighted by atomic mass is 10.1. The van der Waals surface area contributed by atoms with Crippen LogP contribution >= 0.6 is 0 Å². The zero-order valence-electron chi connectivity index (χ0n) is 8.62. The maximum atomic E-state index is 10.7. The number of rotatable bonds is 4. The first-order valence-electron chi connectivity index (χ1n) is 5.05. The summed E-state index contributed by atoms with van der Waals surface area (Å²) in [7, 11) is -2.36. The van der Waals surface area contributed by atoms with Gasteiger partial charge < -0.3 is 5.32 Å². The van der Waals surface area contributed by atoms with Crippen LogP contribution in [0.5, 0.6) is 0 Å². The molecule has 1 aromatic rings. The van der Waals surface area contributed by atoms with Crippen LogP contribution in [0, 0.1) is 13.0 Å².